The van der Waals surface area contributed by atoms with Crippen LogP contribution in [0.3, 0.4) is 0 Å². The van der Waals surface area contributed by atoms with Crippen molar-refractivity contribution in [1.29, 1.82) is 0 Å². The molecule has 3 nitrogen and oxygen atoms in total. The molecule has 86 valence electrons. The van der Waals surface area contributed by atoms with Gasteiger partial charge in [0.25, 0.3) is 0 Å². The van der Waals surface area contributed by atoms with Crippen molar-refractivity contribution in [1.82, 2.24) is 0 Å². The summed E-state index contributed by atoms with van der Waals surface area (Å²) in [4.78, 5) is 11.7. The molecule has 0 radical (unpaired) electrons. The third-order valence-electron chi connectivity index (χ3n) is 2.26. The lowest BCUT2D eigenvalue weighted by atomic mass is 10.0. The van der Waals surface area contributed by atoms with Crippen molar-refractivity contribution in [3.8, 4) is 11.5 Å². The maximum atomic E-state index is 11.7. The Bertz CT molecular complexity index is 427. The molecular formula is C12H13ClO3. The van der Waals surface area contributed by atoms with Crippen molar-refractivity contribution < 1.29 is 14.3 Å². The van der Waals surface area contributed by atoms with E-state index in [-0.39, 0.29) is 11.9 Å². The summed E-state index contributed by atoms with van der Waals surface area (Å²) in [5, 5.41) is 0.494. The zero-order valence-electron chi connectivity index (χ0n) is 9.25. The molecule has 0 fully saturated rings. The first kappa shape index (κ1) is 11.3. The number of Topliss-reactive ketones (excluding diaryl/α,β-unsaturated/α-hetero) is 1. The van der Waals surface area contributed by atoms with Gasteiger partial charge in [-0.1, -0.05) is 11.6 Å². The van der Waals surface area contributed by atoms with Gasteiger partial charge in [-0.3, -0.25) is 4.79 Å². The topological polar surface area (TPSA) is 35.5 Å². The molecule has 0 saturated heterocycles. The Hall–Kier alpha value is -1.22. The van der Waals surface area contributed by atoms with Gasteiger partial charge in [0.05, 0.1) is 18.3 Å². The van der Waals surface area contributed by atoms with Crippen LogP contribution >= 0.6 is 11.6 Å². The minimum Gasteiger partial charge on any atom is -0.488 e. The van der Waals surface area contributed by atoms with E-state index in [0.717, 1.165) is 0 Å². The van der Waals surface area contributed by atoms with E-state index in [1.54, 1.807) is 12.1 Å². The van der Waals surface area contributed by atoms with Crippen LogP contribution in [0.1, 0.15) is 30.6 Å². The van der Waals surface area contributed by atoms with Gasteiger partial charge in [-0.05, 0) is 19.9 Å². The van der Waals surface area contributed by atoms with Crippen LogP contribution < -0.4 is 9.47 Å². The quantitative estimate of drug-likeness (QED) is 0.797. The van der Waals surface area contributed by atoms with E-state index in [2.05, 4.69) is 0 Å². The van der Waals surface area contributed by atoms with E-state index in [4.69, 9.17) is 21.1 Å². The fourth-order valence-corrected chi connectivity index (χ4v) is 1.85. The Morgan fingerprint density at radius 3 is 2.88 bits per heavy atom. The van der Waals surface area contributed by atoms with Gasteiger partial charge in [0.15, 0.2) is 17.3 Å². The van der Waals surface area contributed by atoms with Crippen LogP contribution in [0.5, 0.6) is 11.5 Å². The zero-order chi connectivity index (χ0) is 11.7. The Balaban J connectivity index is 2.48. The number of halogens is 1. The van der Waals surface area contributed by atoms with Crippen molar-refractivity contribution in [2.24, 2.45) is 0 Å². The van der Waals surface area contributed by atoms with Crippen molar-refractivity contribution in [2.45, 2.75) is 26.4 Å². The van der Waals surface area contributed by atoms with Crippen molar-refractivity contribution in [3.63, 3.8) is 0 Å². The normalized spacial score (nSPS) is 14.6. The second-order valence-electron chi connectivity index (χ2n) is 3.97. The van der Waals surface area contributed by atoms with Gasteiger partial charge < -0.3 is 9.47 Å². The summed E-state index contributed by atoms with van der Waals surface area (Å²) < 4.78 is 11.1. The van der Waals surface area contributed by atoms with E-state index in [0.29, 0.717) is 35.1 Å². The molecule has 1 heterocycles. The molecule has 1 aliphatic heterocycles. The predicted octanol–water partition coefficient (Wildman–Crippen LogP) is 3.09. The number of benzene rings is 1. The molecule has 0 unspecified atom stereocenters. The van der Waals surface area contributed by atoms with Gasteiger partial charge in [-0.15, -0.1) is 0 Å². The molecule has 0 bridgehead atoms. The van der Waals surface area contributed by atoms with Crippen LogP contribution in [0.4, 0.5) is 0 Å². The maximum absolute atomic E-state index is 11.7. The first-order valence-electron chi connectivity index (χ1n) is 5.24. The van der Waals surface area contributed by atoms with Crippen molar-refractivity contribution >= 4 is 17.4 Å². The number of ketones is 1. The van der Waals surface area contributed by atoms with Gasteiger partial charge in [0.2, 0.25) is 0 Å². The summed E-state index contributed by atoms with van der Waals surface area (Å²) in [6, 6.07) is 3.31. The number of hydrogen-bond acceptors (Lipinski definition) is 3. The molecule has 0 amide bonds. The van der Waals surface area contributed by atoms with Gasteiger partial charge in [-0.25, -0.2) is 0 Å². The lowest BCUT2D eigenvalue weighted by Crippen LogP contribution is -2.17. The van der Waals surface area contributed by atoms with E-state index >= 15 is 0 Å². The molecular weight excluding hydrogens is 228 g/mol. The van der Waals surface area contributed by atoms with Crippen LogP contribution in [-0.4, -0.2) is 18.5 Å². The SMILES string of the molecule is CC(C)Oc1cc(Cl)cc2c1OCCC2=O. The third kappa shape index (κ3) is 2.14. The molecule has 0 atom stereocenters. The first-order valence-corrected chi connectivity index (χ1v) is 5.62. The van der Waals surface area contributed by atoms with Crippen LogP contribution in [0.15, 0.2) is 12.1 Å². The number of carbonyl (C=O) groups is 1. The fourth-order valence-electron chi connectivity index (χ4n) is 1.65. The van der Waals surface area contributed by atoms with E-state index in [9.17, 15) is 4.79 Å². The molecule has 16 heavy (non-hydrogen) atoms. The largest absolute Gasteiger partial charge is 0.488 e. The predicted molar refractivity (Wildman–Crippen MR) is 61.7 cm³/mol. The number of hydrogen-bond donors (Lipinski definition) is 0. The van der Waals surface area contributed by atoms with Gasteiger partial charge in [0.1, 0.15) is 0 Å². The average molecular weight is 241 g/mol. The number of fused-ring (bicyclic) bond motifs is 1. The second kappa shape index (κ2) is 4.34. The zero-order valence-corrected chi connectivity index (χ0v) is 10.0. The van der Waals surface area contributed by atoms with Crippen LogP contribution in [0.2, 0.25) is 5.02 Å². The highest BCUT2D eigenvalue weighted by molar-refractivity contribution is 6.31. The Morgan fingerprint density at radius 2 is 2.19 bits per heavy atom. The molecule has 0 aromatic heterocycles. The molecule has 0 saturated carbocycles. The highest BCUT2D eigenvalue weighted by atomic mass is 35.5. The summed E-state index contributed by atoms with van der Waals surface area (Å²) in [7, 11) is 0. The number of ether oxygens (including phenoxy) is 2. The fraction of sp³-hybridized carbons (Fsp3) is 0.417. The average Bonchev–Trinajstić information content (AvgIpc) is 2.18. The molecule has 0 N–H and O–H groups in total. The molecule has 4 heteroatoms. The van der Waals surface area contributed by atoms with E-state index in [1.165, 1.54) is 0 Å². The van der Waals surface area contributed by atoms with Crippen LogP contribution in [-0.2, 0) is 0 Å². The molecule has 1 aliphatic rings. The standard InChI is InChI=1S/C12H13ClO3/c1-7(2)16-11-6-8(13)5-9-10(14)3-4-15-12(9)11/h5-7H,3-4H2,1-2H3. The Labute approximate surface area is 99.3 Å². The summed E-state index contributed by atoms with van der Waals surface area (Å²) in [5.74, 6) is 1.12. The summed E-state index contributed by atoms with van der Waals surface area (Å²) in [5.41, 5.74) is 0.523. The monoisotopic (exact) mass is 240 g/mol. The van der Waals surface area contributed by atoms with E-state index < -0.39 is 0 Å². The highest BCUT2D eigenvalue weighted by Crippen LogP contribution is 2.38. The van der Waals surface area contributed by atoms with Gasteiger partial charge in [-0.2, -0.15) is 0 Å². The Kier molecular flexibility index (Phi) is 3.06. The maximum Gasteiger partial charge on any atom is 0.172 e. The second-order valence-corrected chi connectivity index (χ2v) is 4.41. The smallest absolute Gasteiger partial charge is 0.172 e. The molecule has 0 spiro atoms. The lowest BCUT2D eigenvalue weighted by molar-refractivity contribution is 0.0927. The molecule has 2 rings (SSSR count). The third-order valence-corrected chi connectivity index (χ3v) is 2.48. The summed E-state index contributed by atoms with van der Waals surface area (Å²) >= 11 is 5.94. The number of rotatable bonds is 2. The minimum absolute atomic E-state index is 0.0168. The Morgan fingerprint density at radius 1 is 1.44 bits per heavy atom. The summed E-state index contributed by atoms with van der Waals surface area (Å²) in [6.45, 7) is 4.23. The van der Waals surface area contributed by atoms with Crippen molar-refractivity contribution in [3.05, 3.63) is 22.7 Å². The van der Waals surface area contributed by atoms with Crippen LogP contribution in [0.25, 0.3) is 0 Å². The van der Waals surface area contributed by atoms with Crippen molar-refractivity contribution in [2.75, 3.05) is 6.61 Å². The first-order chi connectivity index (χ1) is 7.58. The lowest BCUT2D eigenvalue weighted by Gasteiger charge is -2.21. The van der Waals surface area contributed by atoms with E-state index in [1.807, 2.05) is 13.8 Å². The minimum atomic E-state index is 0.0168. The highest BCUT2D eigenvalue weighted by Gasteiger charge is 2.23. The van der Waals surface area contributed by atoms with Gasteiger partial charge >= 0.3 is 0 Å². The number of carbonyl (C=O) groups excluding carboxylic acids is 1. The molecule has 0 aliphatic carbocycles. The molecule has 1 aromatic rings. The van der Waals surface area contributed by atoms with Crippen LogP contribution in [0, 0.1) is 0 Å². The molecule has 1 aromatic carbocycles. The summed E-state index contributed by atoms with van der Waals surface area (Å²) in [6.07, 6.45) is 0.414. The van der Waals surface area contributed by atoms with Gasteiger partial charge in [0, 0.05) is 17.5 Å².